The second-order valence-electron chi connectivity index (χ2n) is 16.1. The van der Waals surface area contributed by atoms with E-state index >= 15 is 0 Å². The summed E-state index contributed by atoms with van der Waals surface area (Å²) in [6.07, 6.45) is 21.3. The highest BCUT2D eigenvalue weighted by atomic mass is 19.1. The highest BCUT2D eigenvalue weighted by Crippen LogP contribution is 2.24. The Hall–Kier alpha value is -5.52. The van der Waals surface area contributed by atoms with Crippen LogP contribution >= 0.6 is 0 Å². The van der Waals surface area contributed by atoms with Crippen LogP contribution in [-0.4, -0.2) is 50.3 Å². The molecular formula is C52H68F2O10. The van der Waals surface area contributed by atoms with Crippen LogP contribution in [0.2, 0.25) is 0 Å². The fourth-order valence-corrected chi connectivity index (χ4v) is 6.59. The van der Waals surface area contributed by atoms with E-state index in [1.807, 2.05) is 0 Å². The summed E-state index contributed by atoms with van der Waals surface area (Å²) in [5.74, 6) is -3.17. The number of hydrogen-bond donors (Lipinski definition) is 0. The third-order valence-corrected chi connectivity index (χ3v) is 10.3. The zero-order valence-corrected chi connectivity index (χ0v) is 38.0. The highest BCUT2D eigenvalue weighted by Gasteiger charge is 2.18. The number of halogens is 2. The Kier molecular flexibility index (Phi) is 25.9. The van der Waals surface area contributed by atoms with Crippen molar-refractivity contribution in [3.8, 4) is 23.0 Å². The van der Waals surface area contributed by atoms with Crippen molar-refractivity contribution >= 4 is 23.9 Å². The van der Waals surface area contributed by atoms with E-state index in [-0.39, 0.29) is 34.6 Å². The fourth-order valence-electron chi connectivity index (χ4n) is 6.59. The summed E-state index contributed by atoms with van der Waals surface area (Å²) in [5, 5.41) is 0. The molecule has 0 aliphatic heterocycles. The molecule has 0 spiro atoms. The summed E-state index contributed by atoms with van der Waals surface area (Å²) in [4.78, 5) is 48.2. The van der Waals surface area contributed by atoms with Crippen LogP contribution in [0.25, 0.3) is 0 Å². The zero-order valence-electron chi connectivity index (χ0n) is 38.0. The number of esters is 4. The van der Waals surface area contributed by atoms with E-state index in [4.69, 9.17) is 28.4 Å². The minimum absolute atomic E-state index is 0.0972. The van der Waals surface area contributed by atoms with Crippen molar-refractivity contribution in [2.24, 2.45) is 0 Å². The standard InChI is InChI=1S/C52H68F2O10/c1-39(2)49(55)61-35-23-19-15-11-7-5-9-13-17-21-33-59-43-29-31-45(47(53)37-43)51(57)63-41-25-27-42(28-26-41)64-52(58)46-32-30-44(38-48(46)54)60-34-22-18-14-10-6-8-12-16-20-24-36-62-50(56)40(3)4/h25-32,37-38H,1,3,5-24,33-36H2,2,4H3. The molecule has 0 fully saturated rings. The summed E-state index contributed by atoms with van der Waals surface area (Å²) in [5.41, 5.74) is 0.334. The molecule has 0 radical (unpaired) electrons. The first-order valence-corrected chi connectivity index (χ1v) is 23.0. The molecule has 0 aliphatic rings. The highest BCUT2D eigenvalue weighted by molar-refractivity contribution is 5.92. The molecule has 0 saturated carbocycles. The van der Waals surface area contributed by atoms with Crippen molar-refractivity contribution in [3.63, 3.8) is 0 Å². The van der Waals surface area contributed by atoms with Crippen LogP contribution in [0.4, 0.5) is 8.78 Å². The Morgan fingerprint density at radius 1 is 0.406 bits per heavy atom. The number of benzene rings is 3. The van der Waals surface area contributed by atoms with Gasteiger partial charge in [0.25, 0.3) is 0 Å². The van der Waals surface area contributed by atoms with Crippen molar-refractivity contribution < 1.29 is 56.4 Å². The van der Waals surface area contributed by atoms with E-state index in [9.17, 15) is 28.0 Å². The van der Waals surface area contributed by atoms with E-state index in [0.29, 0.717) is 49.1 Å². The molecule has 0 N–H and O–H groups in total. The summed E-state index contributed by atoms with van der Waals surface area (Å²) < 4.78 is 62.0. The molecule has 10 nitrogen and oxygen atoms in total. The fraction of sp³-hybridized carbons (Fsp3) is 0.500. The van der Waals surface area contributed by atoms with Crippen LogP contribution in [0.3, 0.4) is 0 Å². The normalized spacial score (nSPS) is 10.8. The third kappa shape index (κ3) is 22.2. The molecule has 0 atom stereocenters. The second kappa shape index (κ2) is 31.3. The summed E-state index contributed by atoms with van der Waals surface area (Å²) >= 11 is 0. The van der Waals surface area contributed by atoms with Gasteiger partial charge in [-0.25, -0.2) is 28.0 Å². The molecule has 3 aromatic carbocycles. The Balaban J connectivity index is 1.23. The molecule has 3 aromatic rings. The van der Waals surface area contributed by atoms with Gasteiger partial charge in [-0.1, -0.05) is 116 Å². The Bertz CT molecular complexity index is 1770. The SMILES string of the molecule is C=C(C)C(=O)OCCCCCCCCCCCCOc1ccc(C(=O)Oc2ccc(OC(=O)c3ccc(OCCCCCCCCCCCCOC(=O)C(=C)C)cc3F)cc2)c(F)c1. The van der Waals surface area contributed by atoms with Crippen molar-refractivity contribution in [2.45, 2.75) is 142 Å². The van der Waals surface area contributed by atoms with Gasteiger partial charge in [0.05, 0.1) is 37.6 Å². The maximum Gasteiger partial charge on any atom is 0.346 e. The quantitative estimate of drug-likeness (QED) is 0.0248. The van der Waals surface area contributed by atoms with Crippen LogP contribution in [0.5, 0.6) is 23.0 Å². The van der Waals surface area contributed by atoms with Crippen molar-refractivity contribution in [1.29, 1.82) is 0 Å². The van der Waals surface area contributed by atoms with E-state index in [1.54, 1.807) is 13.8 Å². The van der Waals surface area contributed by atoms with Gasteiger partial charge in [0, 0.05) is 23.3 Å². The van der Waals surface area contributed by atoms with Crippen LogP contribution in [-0.2, 0) is 19.1 Å². The molecule has 0 aliphatic carbocycles. The maximum atomic E-state index is 14.9. The first kappa shape index (κ1) is 52.8. The zero-order chi connectivity index (χ0) is 46.4. The molecule has 0 amide bonds. The van der Waals surface area contributed by atoms with Gasteiger partial charge in [-0.2, -0.15) is 0 Å². The van der Waals surface area contributed by atoms with Gasteiger partial charge in [-0.3, -0.25) is 0 Å². The van der Waals surface area contributed by atoms with Crippen LogP contribution < -0.4 is 18.9 Å². The maximum absolute atomic E-state index is 14.9. The van der Waals surface area contributed by atoms with Gasteiger partial charge in [0.15, 0.2) is 0 Å². The van der Waals surface area contributed by atoms with E-state index in [0.717, 1.165) is 102 Å². The molecule has 0 saturated heterocycles. The number of unbranched alkanes of at least 4 members (excludes halogenated alkanes) is 18. The van der Waals surface area contributed by atoms with Gasteiger partial charge in [-0.05, 0) is 88.1 Å². The topological polar surface area (TPSA) is 124 Å². The largest absolute Gasteiger partial charge is 0.493 e. The molecule has 350 valence electrons. The minimum atomic E-state index is -0.904. The lowest BCUT2D eigenvalue weighted by Gasteiger charge is -2.10. The Morgan fingerprint density at radius 3 is 0.953 bits per heavy atom. The van der Waals surface area contributed by atoms with Gasteiger partial charge in [0.1, 0.15) is 34.6 Å². The Labute approximate surface area is 378 Å². The third-order valence-electron chi connectivity index (χ3n) is 10.3. The summed E-state index contributed by atoms with van der Waals surface area (Å²) in [7, 11) is 0. The molecule has 0 heterocycles. The van der Waals surface area contributed by atoms with Crippen LogP contribution in [0.15, 0.2) is 85.0 Å². The molecular weight excluding hydrogens is 823 g/mol. The van der Waals surface area contributed by atoms with Crippen LogP contribution in [0.1, 0.15) is 163 Å². The van der Waals surface area contributed by atoms with Crippen LogP contribution in [0, 0.1) is 11.6 Å². The molecule has 64 heavy (non-hydrogen) atoms. The minimum Gasteiger partial charge on any atom is -0.493 e. The number of carbonyl (C=O) groups excluding carboxylic acids is 4. The summed E-state index contributed by atoms with van der Waals surface area (Å²) in [6, 6.07) is 13.5. The lowest BCUT2D eigenvalue weighted by molar-refractivity contribution is -0.139. The predicted octanol–water partition coefficient (Wildman–Crippen LogP) is 13.2. The molecule has 0 aromatic heterocycles. The van der Waals surface area contributed by atoms with Gasteiger partial charge in [-0.15, -0.1) is 0 Å². The van der Waals surface area contributed by atoms with Crippen molar-refractivity contribution in [2.75, 3.05) is 26.4 Å². The van der Waals surface area contributed by atoms with Gasteiger partial charge >= 0.3 is 23.9 Å². The number of carbonyl (C=O) groups is 4. The van der Waals surface area contributed by atoms with Crippen molar-refractivity contribution in [3.05, 3.63) is 108 Å². The monoisotopic (exact) mass is 890 g/mol. The van der Waals surface area contributed by atoms with E-state index in [2.05, 4.69) is 13.2 Å². The van der Waals surface area contributed by atoms with Gasteiger partial charge in [0.2, 0.25) is 0 Å². The summed E-state index contributed by atoms with van der Waals surface area (Å²) in [6.45, 7) is 12.2. The average Bonchev–Trinajstić information content (AvgIpc) is 3.26. The molecule has 12 heteroatoms. The first-order chi connectivity index (χ1) is 30.9. The number of ether oxygens (including phenoxy) is 6. The Morgan fingerprint density at radius 2 is 0.672 bits per heavy atom. The molecule has 3 rings (SSSR count). The van der Waals surface area contributed by atoms with Crippen molar-refractivity contribution in [1.82, 2.24) is 0 Å². The van der Waals surface area contributed by atoms with E-state index < -0.39 is 23.6 Å². The lowest BCUT2D eigenvalue weighted by Crippen LogP contribution is -2.12. The first-order valence-electron chi connectivity index (χ1n) is 23.0. The van der Waals surface area contributed by atoms with E-state index in [1.165, 1.54) is 87.1 Å². The molecule has 0 unspecified atom stereocenters. The number of rotatable bonds is 34. The van der Waals surface area contributed by atoms with Gasteiger partial charge < -0.3 is 28.4 Å². The average molecular weight is 891 g/mol. The number of hydrogen-bond acceptors (Lipinski definition) is 10. The lowest BCUT2D eigenvalue weighted by atomic mass is 10.1. The molecule has 0 bridgehead atoms. The second-order valence-corrected chi connectivity index (χ2v) is 16.1. The predicted molar refractivity (Wildman–Crippen MR) is 244 cm³/mol. The smallest absolute Gasteiger partial charge is 0.346 e.